The molecule has 0 amide bonds. The fourth-order valence-corrected chi connectivity index (χ4v) is 1.85. The summed E-state index contributed by atoms with van der Waals surface area (Å²) in [5.41, 5.74) is 0.399. The molecule has 2 aromatic carbocycles. The predicted octanol–water partition coefficient (Wildman–Crippen LogP) is 3.73. The minimum absolute atomic E-state index is 0.0848. The second-order valence-electron chi connectivity index (χ2n) is 3.71. The lowest BCUT2D eigenvalue weighted by Crippen LogP contribution is -2.00. The molecule has 0 heterocycles. The highest BCUT2D eigenvalue weighted by atomic mass is 79.9. The Bertz CT molecular complexity index is 610. The van der Waals surface area contributed by atoms with E-state index in [1.165, 1.54) is 7.11 Å². The average molecular weight is 323 g/mol. The lowest BCUT2D eigenvalue weighted by Gasteiger charge is -2.09. The topological polar surface area (TPSA) is 55.8 Å². The van der Waals surface area contributed by atoms with Crippen LogP contribution in [0, 0.1) is 0 Å². The molecule has 0 aliphatic heterocycles. The maximum Gasteiger partial charge on any atom is 0.337 e. The first-order chi connectivity index (χ1) is 9.11. The largest absolute Gasteiger partial charge is 0.507 e. The van der Waals surface area contributed by atoms with E-state index in [9.17, 15) is 9.90 Å². The number of benzene rings is 2. The standard InChI is InChI=1S/C14H11BrO4/c1-18-14(17)9-4-2-5-10(8-9)19-12-7-3-6-11(16)13(12)15/h2-8,16H,1H3. The van der Waals surface area contributed by atoms with Crippen LogP contribution in [-0.4, -0.2) is 18.2 Å². The summed E-state index contributed by atoms with van der Waals surface area (Å²) in [7, 11) is 1.32. The molecule has 0 atom stereocenters. The number of rotatable bonds is 3. The van der Waals surface area contributed by atoms with Gasteiger partial charge in [-0.3, -0.25) is 0 Å². The van der Waals surface area contributed by atoms with Crippen molar-refractivity contribution in [2.45, 2.75) is 0 Å². The molecule has 98 valence electrons. The van der Waals surface area contributed by atoms with Crippen molar-refractivity contribution in [1.82, 2.24) is 0 Å². The summed E-state index contributed by atoms with van der Waals surface area (Å²) in [6.07, 6.45) is 0. The van der Waals surface area contributed by atoms with Gasteiger partial charge in [0.2, 0.25) is 0 Å². The quantitative estimate of drug-likeness (QED) is 0.875. The molecule has 0 fully saturated rings. The third kappa shape index (κ3) is 3.06. The van der Waals surface area contributed by atoms with Gasteiger partial charge in [0.05, 0.1) is 12.7 Å². The Morgan fingerprint density at radius 1 is 1.21 bits per heavy atom. The van der Waals surface area contributed by atoms with E-state index >= 15 is 0 Å². The highest BCUT2D eigenvalue weighted by Crippen LogP contribution is 2.36. The zero-order valence-corrected chi connectivity index (χ0v) is 11.7. The molecule has 0 aliphatic carbocycles. The Labute approximate surface area is 118 Å². The van der Waals surface area contributed by atoms with Crippen molar-refractivity contribution in [3.8, 4) is 17.2 Å². The molecule has 0 saturated heterocycles. The van der Waals surface area contributed by atoms with Crippen LogP contribution in [0.15, 0.2) is 46.9 Å². The highest BCUT2D eigenvalue weighted by Gasteiger charge is 2.09. The number of carbonyl (C=O) groups excluding carboxylic acids is 1. The van der Waals surface area contributed by atoms with Crippen molar-refractivity contribution in [2.75, 3.05) is 7.11 Å². The van der Waals surface area contributed by atoms with Gasteiger partial charge >= 0.3 is 5.97 Å². The number of esters is 1. The Kier molecular flexibility index (Phi) is 4.06. The summed E-state index contributed by atoms with van der Waals surface area (Å²) >= 11 is 3.23. The van der Waals surface area contributed by atoms with Crippen molar-refractivity contribution >= 4 is 21.9 Å². The lowest BCUT2D eigenvalue weighted by atomic mass is 10.2. The Hall–Kier alpha value is -2.01. The fourth-order valence-electron chi connectivity index (χ4n) is 1.51. The maximum atomic E-state index is 11.4. The number of phenolic OH excluding ortho intramolecular Hbond substituents is 1. The number of hydrogen-bond acceptors (Lipinski definition) is 4. The number of aromatic hydroxyl groups is 1. The molecule has 0 aromatic heterocycles. The minimum atomic E-state index is -0.430. The normalized spacial score (nSPS) is 10.0. The van der Waals surface area contributed by atoms with Gasteiger partial charge in [0.25, 0.3) is 0 Å². The number of phenols is 1. The van der Waals surface area contributed by atoms with Crippen molar-refractivity contribution in [3.05, 3.63) is 52.5 Å². The number of methoxy groups -OCH3 is 1. The smallest absolute Gasteiger partial charge is 0.337 e. The van der Waals surface area contributed by atoms with E-state index in [2.05, 4.69) is 20.7 Å². The SMILES string of the molecule is COC(=O)c1cccc(Oc2cccc(O)c2Br)c1. The summed E-state index contributed by atoms with van der Waals surface area (Å²) in [6.45, 7) is 0. The van der Waals surface area contributed by atoms with Gasteiger partial charge in [-0.15, -0.1) is 0 Å². The third-order valence-electron chi connectivity index (χ3n) is 2.43. The number of hydrogen-bond donors (Lipinski definition) is 1. The van der Waals surface area contributed by atoms with Crippen LogP contribution in [0.4, 0.5) is 0 Å². The van der Waals surface area contributed by atoms with Crippen LogP contribution in [-0.2, 0) is 4.74 Å². The van der Waals surface area contributed by atoms with Crippen LogP contribution in [0.5, 0.6) is 17.2 Å². The Balaban J connectivity index is 2.28. The number of carbonyl (C=O) groups is 1. The van der Waals surface area contributed by atoms with Crippen molar-refractivity contribution in [1.29, 1.82) is 0 Å². The maximum absolute atomic E-state index is 11.4. The summed E-state index contributed by atoms with van der Waals surface area (Å²) in [5.74, 6) is 0.596. The van der Waals surface area contributed by atoms with Crippen molar-refractivity contribution in [3.63, 3.8) is 0 Å². The van der Waals surface area contributed by atoms with Gasteiger partial charge in [-0.05, 0) is 46.3 Å². The first-order valence-corrected chi connectivity index (χ1v) is 6.25. The monoisotopic (exact) mass is 322 g/mol. The second kappa shape index (κ2) is 5.75. The Morgan fingerprint density at radius 3 is 2.68 bits per heavy atom. The first-order valence-electron chi connectivity index (χ1n) is 5.45. The molecular weight excluding hydrogens is 312 g/mol. The van der Waals surface area contributed by atoms with Gasteiger partial charge in [0.15, 0.2) is 0 Å². The molecule has 2 aromatic rings. The van der Waals surface area contributed by atoms with E-state index in [1.807, 2.05) is 0 Å². The summed E-state index contributed by atoms with van der Waals surface area (Å²) in [5, 5.41) is 9.56. The zero-order valence-electron chi connectivity index (χ0n) is 10.1. The molecule has 0 spiro atoms. The fraction of sp³-hybridized carbons (Fsp3) is 0.0714. The molecule has 1 N–H and O–H groups in total. The van der Waals surface area contributed by atoms with Gasteiger partial charge in [0.1, 0.15) is 21.7 Å². The van der Waals surface area contributed by atoms with Gasteiger partial charge < -0.3 is 14.6 Å². The van der Waals surface area contributed by atoms with Crippen molar-refractivity contribution < 1.29 is 19.4 Å². The van der Waals surface area contributed by atoms with E-state index in [-0.39, 0.29) is 5.75 Å². The minimum Gasteiger partial charge on any atom is -0.507 e. The van der Waals surface area contributed by atoms with Crippen LogP contribution in [0.2, 0.25) is 0 Å². The molecule has 0 saturated carbocycles. The van der Waals surface area contributed by atoms with Gasteiger partial charge in [-0.2, -0.15) is 0 Å². The Morgan fingerprint density at radius 2 is 1.95 bits per heavy atom. The van der Waals surface area contributed by atoms with E-state index in [4.69, 9.17) is 4.74 Å². The van der Waals surface area contributed by atoms with Crippen LogP contribution in [0.3, 0.4) is 0 Å². The highest BCUT2D eigenvalue weighted by molar-refractivity contribution is 9.10. The lowest BCUT2D eigenvalue weighted by molar-refractivity contribution is 0.0600. The molecule has 19 heavy (non-hydrogen) atoms. The molecule has 5 heteroatoms. The molecule has 0 bridgehead atoms. The number of halogens is 1. The third-order valence-corrected chi connectivity index (χ3v) is 3.22. The molecule has 0 aliphatic rings. The second-order valence-corrected chi connectivity index (χ2v) is 4.50. The van der Waals surface area contributed by atoms with E-state index in [0.717, 1.165) is 0 Å². The summed E-state index contributed by atoms with van der Waals surface area (Å²) in [4.78, 5) is 11.4. The molecule has 4 nitrogen and oxygen atoms in total. The van der Waals surface area contributed by atoms with E-state index in [1.54, 1.807) is 42.5 Å². The molecule has 0 unspecified atom stereocenters. The van der Waals surface area contributed by atoms with Crippen molar-refractivity contribution in [2.24, 2.45) is 0 Å². The molecule has 2 rings (SSSR count). The van der Waals surface area contributed by atoms with E-state index in [0.29, 0.717) is 21.5 Å². The molecule has 0 radical (unpaired) electrons. The molecular formula is C14H11BrO4. The predicted molar refractivity (Wildman–Crippen MR) is 73.7 cm³/mol. The average Bonchev–Trinajstić information content (AvgIpc) is 2.43. The van der Waals surface area contributed by atoms with Gasteiger partial charge in [-0.25, -0.2) is 4.79 Å². The van der Waals surface area contributed by atoms with Crippen LogP contribution >= 0.6 is 15.9 Å². The zero-order chi connectivity index (χ0) is 13.8. The van der Waals surface area contributed by atoms with Crippen LogP contribution < -0.4 is 4.74 Å². The first kappa shape index (κ1) is 13.4. The number of ether oxygens (including phenoxy) is 2. The van der Waals surface area contributed by atoms with Crippen LogP contribution in [0.25, 0.3) is 0 Å². The van der Waals surface area contributed by atoms with Gasteiger partial charge in [0, 0.05) is 0 Å². The summed E-state index contributed by atoms with van der Waals surface area (Å²) in [6, 6.07) is 11.5. The van der Waals surface area contributed by atoms with Crippen LogP contribution in [0.1, 0.15) is 10.4 Å². The van der Waals surface area contributed by atoms with E-state index < -0.39 is 5.97 Å². The summed E-state index contributed by atoms with van der Waals surface area (Å²) < 4.78 is 10.7. The van der Waals surface area contributed by atoms with Gasteiger partial charge in [-0.1, -0.05) is 12.1 Å².